The zero-order valence-electron chi connectivity index (χ0n) is 13.4. The Hall–Kier alpha value is -2.82. The summed E-state index contributed by atoms with van der Waals surface area (Å²) in [4.78, 5) is 23.4. The van der Waals surface area contributed by atoms with Gasteiger partial charge in [-0.3, -0.25) is 9.59 Å². The number of aryl methyl sites for hydroxylation is 2. The normalized spacial score (nSPS) is 11.6. The third-order valence-electron chi connectivity index (χ3n) is 3.29. The Balaban J connectivity index is 2.05. The summed E-state index contributed by atoms with van der Waals surface area (Å²) in [5.41, 5.74) is 8.21. The lowest BCUT2D eigenvalue weighted by Crippen LogP contribution is -2.30. The average Bonchev–Trinajstić information content (AvgIpc) is 2.46. The minimum atomic E-state index is -0.673. The van der Waals surface area contributed by atoms with Gasteiger partial charge in [0.1, 0.15) is 5.75 Å². The Kier molecular flexibility index (Phi) is 5.01. The maximum atomic E-state index is 12.2. The van der Waals surface area contributed by atoms with Crippen molar-refractivity contribution in [3.63, 3.8) is 0 Å². The minimum Gasteiger partial charge on any atom is -0.481 e. The van der Waals surface area contributed by atoms with Gasteiger partial charge in [-0.25, -0.2) is 0 Å². The molecule has 0 saturated heterocycles. The van der Waals surface area contributed by atoms with Crippen LogP contribution in [0.2, 0.25) is 0 Å². The molecule has 3 N–H and O–H groups in total. The van der Waals surface area contributed by atoms with Gasteiger partial charge < -0.3 is 15.8 Å². The Labute approximate surface area is 135 Å². The summed E-state index contributed by atoms with van der Waals surface area (Å²) in [5, 5.41) is 2.71. The molecule has 2 aromatic carbocycles. The highest BCUT2D eigenvalue weighted by Crippen LogP contribution is 2.18. The molecular weight excluding hydrogens is 292 g/mol. The van der Waals surface area contributed by atoms with Crippen molar-refractivity contribution in [2.45, 2.75) is 26.9 Å². The van der Waals surface area contributed by atoms with Crippen molar-refractivity contribution in [1.82, 2.24) is 0 Å². The second-order valence-electron chi connectivity index (χ2n) is 5.52. The van der Waals surface area contributed by atoms with Gasteiger partial charge in [-0.2, -0.15) is 0 Å². The SMILES string of the molecule is Cc1cc(C)cc(O[C@@H](C)C(=O)Nc2cccc(C(N)=O)c2)c1. The maximum Gasteiger partial charge on any atom is 0.265 e. The topological polar surface area (TPSA) is 81.4 Å². The molecule has 5 heteroatoms. The molecule has 23 heavy (non-hydrogen) atoms. The number of carbonyl (C=O) groups is 2. The second-order valence-corrected chi connectivity index (χ2v) is 5.52. The van der Waals surface area contributed by atoms with Gasteiger partial charge in [0.25, 0.3) is 5.91 Å². The number of rotatable bonds is 5. The van der Waals surface area contributed by atoms with E-state index in [1.807, 2.05) is 32.0 Å². The Bertz CT molecular complexity index is 721. The number of ether oxygens (including phenoxy) is 1. The first-order valence-electron chi connectivity index (χ1n) is 7.31. The molecule has 0 bridgehead atoms. The molecule has 2 aromatic rings. The first-order chi connectivity index (χ1) is 10.8. The van der Waals surface area contributed by atoms with Gasteiger partial charge in [-0.05, 0) is 62.2 Å². The summed E-state index contributed by atoms with van der Waals surface area (Å²) in [7, 11) is 0. The standard InChI is InChI=1S/C18H20N2O3/c1-11-7-12(2)9-16(8-11)23-13(3)18(22)20-15-6-4-5-14(10-15)17(19)21/h4-10,13H,1-3H3,(H2,19,21)(H,20,22)/t13-/m0/s1. The number of hydrogen-bond donors (Lipinski definition) is 2. The van der Waals surface area contributed by atoms with Crippen LogP contribution in [0.4, 0.5) is 5.69 Å². The van der Waals surface area contributed by atoms with Crippen LogP contribution >= 0.6 is 0 Å². The molecule has 0 aliphatic rings. The predicted molar refractivity (Wildman–Crippen MR) is 89.6 cm³/mol. The fraction of sp³-hybridized carbons (Fsp3) is 0.222. The highest BCUT2D eigenvalue weighted by Gasteiger charge is 2.15. The van der Waals surface area contributed by atoms with Crippen LogP contribution in [0.5, 0.6) is 5.75 Å². The quantitative estimate of drug-likeness (QED) is 0.890. The third kappa shape index (κ3) is 4.57. The minimum absolute atomic E-state index is 0.300. The van der Waals surface area contributed by atoms with Crippen molar-refractivity contribution in [2.75, 3.05) is 5.32 Å². The van der Waals surface area contributed by atoms with Crippen molar-refractivity contribution in [3.8, 4) is 5.75 Å². The fourth-order valence-electron chi connectivity index (χ4n) is 2.25. The molecule has 2 amide bonds. The molecule has 0 radical (unpaired) electrons. The van der Waals surface area contributed by atoms with Gasteiger partial charge in [0.2, 0.25) is 5.91 Å². The van der Waals surface area contributed by atoms with E-state index >= 15 is 0 Å². The van der Waals surface area contributed by atoms with Crippen LogP contribution in [-0.4, -0.2) is 17.9 Å². The van der Waals surface area contributed by atoms with E-state index in [2.05, 4.69) is 5.32 Å². The first-order valence-corrected chi connectivity index (χ1v) is 7.31. The lowest BCUT2D eigenvalue weighted by atomic mass is 10.1. The van der Waals surface area contributed by atoms with Crippen LogP contribution in [0, 0.1) is 13.8 Å². The number of hydrogen-bond acceptors (Lipinski definition) is 3. The van der Waals surface area contributed by atoms with Crippen LogP contribution < -0.4 is 15.8 Å². The molecular formula is C18H20N2O3. The number of primary amides is 1. The summed E-state index contributed by atoms with van der Waals surface area (Å²) in [5.74, 6) is -0.192. The van der Waals surface area contributed by atoms with Crippen LogP contribution in [0.25, 0.3) is 0 Å². The highest BCUT2D eigenvalue weighted by atomic mass is 16.5. The van der Waals surface area contributed by atoms with Crippen molar-refractivity contribution in [3.05, 3.63) is 59.2 Å². The largest absolute Gasteiger partial charge is 0.481 e. The lowest BCUT2D eigenvalue weighted by Gasteiger charge is -2.16. The average molecular weight is 312 g/mol. The molecule has 0 unspecified atom stereocenters. The van der Waals surface area contributed by atoms with Crippen LogP contribution in [0.1, 0.15) is 28.4 Å². The van der Waals surface area contributed by atoms with Gasteiger partial charge in [-0.1, -0.05) is 12.1 Å². The van der Waals surface area contributed by atoms with E-state index in [1.165, 1.54) is 6.07 Å². The van der Waals surface area contributed by atoms with E-state index in [4.69, 9.17) is 10.5 Å². The van der Waals surface area contributed by atoms with E-state index < -0.39 is 12.0 Å². The van der Waals surface area contributed by atoms with E-state index in [-0.39, 0.29) is 5.91 Å². The smallest absolute Gasteiger partial charge is 0.265 e. The Morgan fingerprint density at radius 1 is 1.09 bits per heavy atom. The fourth-order valence-corrected chi connectivity index (χ4v) is 2.25. The molecule has 120 valence electrons. The molecule has 0 spiro atoms. The van der Waals surface area contributed by atoms with Crippen molar-refractivity contribution < 1.29 is 14.3 Å². The van der Waals surface area contributed by atoms with Gasteiger partial charge in [-0.15, -0.1) is 0 Å². The predicted octanol–water partition coefficient (Wildman–Crippen LogP) is 2.81. The van der Waals surface area contributed by atoms with Gasteiger partial charge >= 0.3 is 0 Å². The molecule has 0 heterocycles. The summed E-state index contributed by atoms with van der Waals surface area (Å²) >= 11 is 0. The van der Waals surface area contributed by atoms with Gasteiger partial charge in [0.05, 0.1) is 0 Å². The number of amides is 2. The molecule has 0 aliphatic carbocycles. The Morgan fingerprint density at radius 2 is 1.74 bits per heavy atom. The molecule has 0 aromatic heterocycles. The molecule has 5 nitrogen and oxygen atoms in total. The van der Waals surface area contributed by atoms with Crippen molar-refractivity contribution in [1.29, 1.82) is 0 Å². The zero-order valence-corrected chi connectivity index (χ0v) is 13.4. The Morgan fingerprint density at radius 3 is 2.35 bits per heavy atom. The van der Waals surface area contributed by atoms with E-state index in [0.717, 1.165) is 11.1 Å². The van der Waals surface area contributed by atoms with Crippen LogP contribution in [0.3, 0.4) is 0 Å². The molecule has 0 saturated carbocycles. The summed E-state index contributed by atoms with van der Waals surface area (Å²) < 4.78 is 5.68. The lowest BCUT2D eigenvalue weighted by molar-refractivity contribution is -0.122. The summed E-state index contributed by atoms with van der Waals surface area (Å²) in [6, 6.07) is 12.3. The highest BCUT2D eigenvalue weighted by molar-refractivity contribution is 5.97. The van der Waals surface area contributed by atoms with Crippen LogP contribution in [0.15, 0.2) is 42.5 Å². The molecule has 2 rings (SSSR count). The summed E-state index contributed by atoms with van der Waals surface area (Å²) in [6.07, 6.45) is -0.673. The van der Waals surface area contributed by atoms with Crippen molar-refractivity contribution in [2.24, 2.45) is 5.73 Å². The van der Waals surface area contributed by atoms with Crippen molar-refractivity contribution >= 4 is 17.5 Å². The monoisotopic (exact) mass is 312 g/mol. The first kappa shape index (κ1) is 16.5. The van der Waals surface area contributed by atoms with Crippen LogP contribution in [-0.2, 0) is 4.79 Å². The van der Waals surface area contributed by atoms with E-state index in [1.54, 1.807) is 25.1 Å². The number of benzene rings is 2. The van der Waals surface area contributed by atoms with Gasteiger partial charge in [0, 0.05) is 11.3 Å². The summed E-state index contributed by atoms with van der Waals surface area (Å²) in [6.45, 7) is 5.62. The molecule has 0 aliphatic heterocycles. The van der Waals surface area contributed by atoms with Gasteiger partial charge in [0.15, 0.2) is 6.10 Å². The second kappa shape index (κ2) is 6.96. The number of nitrogens with one attached hydrogen (secondary N) is 1. The van der Waals surface area contributed by atoms with E-state index in [9.17, 15) is 9.59 Å². The number of carbonyl (C=O) groups excluding carboxylic acids is 2. The molecule has 1 atom stereocenters. The maximum absolute atomic E-state index is 12.2. The van der Waals surface area contributed by atoms with E-state index in [0.29, 0.717) is 17.0 Å². The zero-order chi connectivity index (χ0) is 17.0. The number of anilines is 1. The molecule has 0 fully saturated rings. The number of nitrogens with two attached hydrogens (primary N) is 1. The third-order valence-corrected chi connectivity index (χ3v) is 3.29.